The summed E-state index contributed by atoms with van der Waals surface area (Å²) in [5.74, 6) is 0.726. The van der Waals surface area contributed by atoms with Gasteiger partial charge in [0.25, 0.3) is 5.91 Å². The molecule has 0 saturated carbocycles. The fourth-order valence-corrected chi connectivity index (χ4v) is 3.75. The lowest BCUT2D eigenvalue weighted by Gasteiger charge is -2.33. The summed E-state index contributed by atoms with van der Waals surface area (Å²) < 4.78 is 0. The number of rotatable bonds is 3. The fourth-order valence-electron chi connectivity index (χ4n) is 3.75. The van der Waals surface area contributed by atoms with Gasteiger partial charge < -0.3 is 15.1 Å². The van der Waals surface area contributed by atoms with Crippen molar-refractivity contribution in [3.63, 3.8) is 0 Å². The Morgan fingerprint density at radius 2 is 2.13 bits per heavy atom. The van der Waals surface area contributed by atoms with Crippen LogP contribution in [0.4, 0.5) is 5.69 Å². The lowest BCUT2D eigenvalue weighted by molar-refractivity contribution is -0.116. The number of hydrogen-bond donors (Lipinski definition) is 1. The lowest BCUT2D eigenvalue weighted by atomic mass is 9.97. The normalized spacial score (nSPS) is 20.5. The van der Waals surface area contributed by atoms with E-state index in [4.69, 9.17) is 0 Å². The van der Waals surface area contributed by atoms with Crippen LogP contribution in [-0.4, -0.2) is 49.9 Å². The number of carbonyl (C=O) groups excluding carboxylic acids is 2. The second-order valence-corrected chi connectivity index (χ2v) is 6.58. The zero-order valence-electron chi connectivity index (χ0n) is 14.0. The predicted octanol–water partition coefficient (Wildman–Crippen LogP) is 1.67. The molecular formula is C18H25N3O2. The molecule has 5 heteroatoms. The molecule has 0 bridgehead atoms. The summed E-state index contributed by atoms with van der Waals surface area (Å²) >= 11 is 0. The molecule has 2 aliphatic heterocycles. The van der Waals surface area contributed by atoms with Crippen molar-refractivity contribution in [3.05, 3.63) is 29.3 Å². The first-order valence-corrected chi connectivity index (χ1v) is 8.45. The number of nitrogens with zero attached hydrogens (tertiary/aromatic N) is 2. The summed E-state index contributed by atoms with van der Waals surface area (Å²) in [5, 5.41) is 3.21. The molecule has 1 saturated heterocycles. The van der Waals surface area contributed by atoms with Gasteiger partial charge in [0.2, 0.25) is 5.91 Å². The second-order valence-electron chi connectivity index (χ2n) is 6.58. The van der Waals surface area contributed by atoms with Crippen molar-refractivity contribution < 1.29 is 9.59 Å². The molecule has 1 atom stereocenters. The minimum Gasteiger partial charge on any atom is -0.338 e. The van der Waals surface area contributed by atoms with E-state index in [9.17, 15) is 9.59 Å². The number of piperidine rings is 1. The van der Waals surface area contributed by atoms with Crippen molar-refractivity contribution in [2.24, 2.45) is 5.92 Å². The molecule has 1 aromatic carbocycles. The Labute approximate surface area is 137 Å². The molecule has 2 heterocycles. The van der Waals surface area contributed by atoms with Gasteiger partial charge in [-0.3, -0.25) is 9.59 Å². The van der Waals surface area contributed by atoms with Crippen LogP contribution in [0.3, 0.4) is 0 Å². The van der Waals surface area contributed by atoms with E-state index >= 15 is 0 Å². The average Bonchev–Trinajstić information content (AvgIpc) is 2.98. The standard InChI is InChI=1S/C18H25N3O2/c1-13(22)21-9-7-15-10-16(5-6-17(15)21)18(23)20-8-3-4-14(12-20)11-19-2/h5-6,10,14,19H,3-4,7-9,11-12H2,1-2H3/t14-/m1/s1. The molecule has 124 valence electrons. The van der Waals surface area contributed by atoms with E-state index in [2.05, 4.69) is 5.32 Å². The lowest BCUT2D eigenvalue weighted by Crippen LogP contribution is -2.42. The molecule has 0 spiro atoms. The molecule has 0 aromatic heterocycles. The van der Waals surface area contributed by atoms with Gasteiger partial charge in [-0.15, -0.1) is 0 Å². The molecule has 1 fully saturated rings. The van der Waals surface area contributed by atoms with Crippen LogP contribution in [0.5, 0.6) is 0 Å². The summed E-state index contributed by atoms with van der Waals surface area (Å²) in [4.78, 5) is 28.2. The van der Waals surface area contributed by atoms with Crippen LogP contribution in [0.25, 0.3) is 0 Å². The molecule has 5 nitrogen and oxygen atoms in total. The second kappa shape index (κ2) is 6.71. The zero-order valence-corrected chi connectivity index (χ0v) is 14.0. The van der Waals surface area contributed by atoms with Crippen LogP contribution in [-0.2, 0) is 11.2 Å². The first-order chi connectivity index (χ1) is 11.1. The maximum atomic E-state index is 12.8. The van der Waals surface area contributed by atoms with Gasteiger partial charge in [-0.25, -0.2) is 0 Å². The van der Waals surface area contributed by atoms with Crippen LogP contribution < -0.4 is 10.2 Å². The van der Waals surface area contributed by atoms with Gasteiger partial charge in [-0.2, -0.15) is 0 Å². The van der Waals surface area contributed by atoms with Crippen LogP contribution >= 0.6 is 0 Å². The van der Waals surface area contributed by atoms with E-state index in [0.717, 1.165) is 55.8 Å². The van der Waals surface area contributed by atoms with Gasteiger partial charge in [0.1, 0.15) is 0 Å². The quantitative estimate of drug-likeness (QED) is 0.923. The van der Waals surface area contributed by atoms with Crippen LogP contribution in [0.2, 0.25) is 0 Å². The summed E-state index contributed by atoms with van der Waals surface area (Å²) in [7, 11) is 1.96. The Hall–Kier alpha value is -1.88. The highest BCUT2D eigenvalue weighted by Gasteiger charge is 2.27. The maximum Gasteiger partial charge on any atom is 0.253 e. The third kappa shape index (κ3) is 3.24. The molecule has 0 radical (unpaired) electrons. The van der Waals surface area contributed by atoms with Gasteiger partial charge in [0, 0.05) is 37.8 Å². The predicted molar refractivity (Wildman–Crippen MR) is 90.7 cm³/mol. The SMILES string of the molecule is CNC[C@H]1CCCN(C(=O)c2ccc3c(c2)CCN3C(C)=O)C1. The van der Waals surface area contributed by atoms with Crippen LogP contribution in [0.1, 0.15) is 35.7 Å². The van der Waals surface area contributed by atoms with Crippen molar-refractivity contribution in [2.45, 2.75) is 26.2 Å². The van der Waals surface area contributed by atoms with Crippen molar-refractivity contribution in [2.75, 3.05) is 38.1 Å². The van der Waals surface area contributed by atoms with E-state index in [-0.39, 0.29) is 11.8 Å². The summed E-state index contributed by atoms with van der Waals surface area (Å²) in [5.41, 5.74) is 2.81. The molecule has 1 N–H and O–H groups in total. The first kappa shape index (κ1) is 16.0. The third-order valence-corrected chi connectivity index (χ3v) is 4.90. The minimum absolute atomic E-state index is 0.0637. The minimum atomic E-state index is 0.0637. The molecule has 23 heavy (non-hydrogen) atoms. The summed E-state index contributed by atoms with van der Waals surface area (Å²) in [6.45, 7) is 4.94. The third-order valence-electron chi connectivity index (χ3n) is 4.90. The van der Waals surface area contributed by atoms with Gasteiger partial charge in [-0.05, 0) is 62.5 Å². The number of benzene rings is 1. The molecule has 2 amide bonds. The van der Waals surface area contributed by atoms with Gasteiger partial charge >= 0.3 is 0 Å². The topological polar surface area (TPSA) is 52.7 Å². The van der Waals surface area contributed by atoms with E-state index < -0.39 is 0 Å². The number of fused-ring (bicyclic) bond motifs is 1. The molecule has 2 aliphatic rings. The van der Waals surface area contributed by atoms with E-state index in [1.807, 2.05) is 30.1 Å². The number of amides is 2. The highest BCUT2D eigenvalue weighted by Crippen LogP contribution is 2.29. The number of carbonyl (C=O) groups is 2. The number of anilines is 1. The van der Waals surface area contributed by atoms with Crippen LogP contribution in [0, 0.1) is 5.92 Å². The maximum absolute atomic E-state index is 12.8. The molecule has 3 rings (SSSR count). The van der Waals surface area contributed by atoms with Crippen molar-refractivity contribution in [3.8, 4) is 0 Å². The first-order valence-electron chi connectivity index (χ1n) is 8.45. The Bertz CT molecular complexity index is 612. The number of likely N-dealkylation sites (tertiary alicyclic amines) is 1. The Morgan fingerprint density at radius 3 is 2.87 bits per heavy atom. The van der Waals surface area contributed by atoms with Gasteiger partial charge in [0.05, 0.1) is 0 Å². The molecule has 0 unspecified atom stereocenters. The average molecular weight is 315 g/mol. The largest absolute Gasteiger partial charge is 0.338 e. The highest BCUT2D eigenvalue weighted by molar-refractivity contribution is 5.97. The number of hydrogen-bond acceptors (Lipinski definition) is 3. The van der Waals surface area contributed by atoms with Crippen molar-refractivity contribution in [1.82, 2.24) is 10.2 Å². The molecular weight excluding hydrogens is 290 g/mol. The van der Waals surface area contributed by atoms with Crippen molar-refractivity contribution >= 4 is 17.5 Å². The fraction of sp³-hybridized carbons (Fsp3) is 0.556. The molecule has 0 aliphatic carbocycles. The Balaban J connectivity index is 1.75. The highest BCUT2D eigenvalue weighted by atomic mass is 16.2. The molecule has 1 aromatic rings. The van der Waals surface area contributed by atoms with Crippen LogP contribution in [0.15, 0.2) is 18.2 Å². The number of nitrogens with one attached hydrogen (secondary N) is 1. The van der Waals surface area contributed by atoms with Gasteiger partial charge in [-0.1, -0.05) is 0 Å². The van der Waals surface area contributed by atoms with Crippen molar-refractivity contribution in [1.29, 1.82) is 0 Å². The van der Waals surface area contributed by atoms with Gasteiger partial charge in [0.15, 0.2) is 0 Å². The summed E-state index contributed by atoms with van der Waals surface area (Å²) in [6.07, 6.45) is 3.09. The summed E-state index contributed by atoms with van der Waals surface area (Å²) in [6, 6.07) is 5.76. The van der Waals surface area contributed by atoms with E-state index in [1.54, 1.807) is 11.8 Å². The Kier molecular flexibility index (Phi) is 4.66. The smallest absolute Gasteiger partial charge is 0.253 e. The monoisotopic (exact) mass is 315 g/mol. The zero-order chi connectivity index (χ0) is 16.4. The Morgan fingerprint density at radius 1 is 1.30 bits per heavy atom. The van der Waals surface area contributed by atoms with E-state index in [0.29, 0.717) is 5.92 Å². The van der Waals surface area contributed by atoms with E-state index in [1.165, 1.54) is 6.42 Å².